The molecule has 5 nitrogen and oxygen atoms in total. The molecule has 1 aliphatic carbocycles. The molecule has 1 amide bonds. The lowest BCUT2D eigenvalue weighted by molar-refractivity contribution is -0.139. The summed E-state index contributed by atoms with van der Waals surface area (Å²) in [6.07, 6.45) is 5.95. The Morgan fingerprint density at radius 2 is 1.89 bits per heavy atom. The Labute approximate surface area is 167 Å². The molecule has 0 spiro atoms. The molecule has 2 aliphatic heterocycles. The third-order valence-electron chi connectivity index (χ3n) is 6.33. The van der Waals surface area contributed by atoms with Gasteiger partial charge in [0.15, 0.2) is 11.5 Å². The fourth-order valence-corrected chi connectivity index (χ4v) is 4.85. The Morgan fingerprint density at radius 1 is 1.21 bits per heavy atom. The van der Waals surface area contributed by atoms with Gasteiger partial charge in [-0.25, -0.2) is 0 Å². The van der Waals surface area contributed by atoms with Crippen LogP contribution in [-0.4, -0.2) is 59.3 Å². The van der Waals surface area contributed by atoms with E-state index >= 15 is 0 Å². The number of carbonyl (C=O) groups excluding carboxylic acids is 2. The maximum atomic E-state index is 13.0. The third-order valence-corrected chi connectivity index (χ3v) is 6.33. The van der Waals surface area contributed by atoms with Crippen molar-refractivity contribution in [3.63, 3.8) is 0 Å². The maximum absolute atomic E-state index is 13.0. The zero-order chi connectivity index (χ0) is 19.9. The second-order valence-electron chi connectivity index (χ2n) is 9.05. The zero-order valence-electron chi connectivity index (χ0n) is 17.1. The van der Waals surface area contributed by atoms with Crippen LogP contribution in [0.4, 0.5) is 0 Å². The van der Waals surface area contributed by atoms with Crippen LogP contribution in [0.25, 0.3) is 0 Å². The minimum absolute atomic E-state index is 0.0398. The van der Waals surface area contributed by atoms with Crippen LogP contribution in [0.2, 0.25) is 0 Å². The van der Waals surface area contributed by atoms with E-state index < -0.39 is 5.60 Å². The Morgan fingerprint density at radius 3 is 2.54 bits per heavy atom. The summed E-state index contributed by atoms with van der Waals surface area (Å²) in [7, 11) is 1.84. The first-order valence-electron chi connectivity index (χ1n) is 10.3. The largest absolute Gasteiger partial charge is 0.481 e. The second kappa shape index (κ2) is 7.36. The van der Waals surface area contributed by atoms with E-state index in [0.717, 1.165) is 38.8 Å². The number of likely N-dealkylation sites (N-methyl/N-ethyl adjacent to an activating group) is 1. The summed E-state index contributed by atoms with van der Waals surface area (Å²) in [5.74, 6) is -0.0289. The van der Waals surface area contributed by atoms with Gasteiger partial charge in [0, 0.05) is 38.2 Å². The molecule has 0 bridgehead atoms. The number of ketones is 1. The van der Waals surface area contributed by atoms with Gasteiger partial charge in [0.1, 0.15) is 5.60 Å². The fourth-order valence-electron chi connectivity index (χ4n) is 4.85. The average molecular weight is 383 g/mol. The first-order chi connectivity index (χ1) is 13.3. The van der Waals surface area contributed by atoms with E-state index in [1.54, 1.807) is 4.90 Å². The smallest absolute Gasteiger partial charge is 0.289 e. The number of amides is 1. The van der Waals surface area contributed by atoms with E-state index in [1.807, 2.05) is 20.9 Å². The predicted molar refractivity (Wildman–Crippen MR) is 108 cm³/mol. The van der Waals surface area contributed by atoms with E-state index in [-0.39, 0.29) is 23.5 Å². The van der Waals surface area contributed by atoms with Crippen LogP contribution in [-0.2, 0) is 27.2 Å². The molecule has 1 aromatic rings. The molecule has 28 heavy (non-hydrogen) atoms. The van der Waals surface area contributed by atoms with E-state index in [9.17, 15) is 9.59 Å². The molecular formula is C23H30N2O3. The van der Waals surface area contributed by atoms with Crippen LogP contribution in [0.5, 0.6) is 0 Å². The molecule has 0 saturated carbocycles. The Balaban J connectivity index is 1.42. The van der Waals surface area contributed by atoms with Crippen LogP contribution in [0.1, 0.15) is 44.2 Å². The molecule has 5 heteroatoms. The average Bonchev–Trinajstić information content (AvgIpc) is 3.09. The van der Waals surface area contributed by atoms with Gasteiger partial charge in [-0.05, 0) is 57.2 Å². The van der Waals surface area contributed by atoms with Crippen LogP contribution in [0.15, 0.2) is 36.1 Å². The SMILES string of the molecule is CN(C(=O)C1=CC(=O)CC(C)(C)O1)[C@H]1CCCN(C2Cc3ccccc3C2)C1. The highest BCUT2D eigenvalue weighted by molar-refractivity contribution is 6.01. The number of ether oxygens (including phenoxy) is 1. The van der Waals surface area contributed by atoms with Crippen LogP contribution in [0, 0.1) is 0 Å². The summed E-state index contributed by atoms with van der Waals surface area (Å²) in [6, 6.07) is 9.38. The lowest BCUT2D eigenvalue weighted by Gasteiger charge is -2.41. The van der Waals surface area contributed by atoms with Crippen molar-refractivity contribution in [2.24, 2.45) is 0 Å². The van der Waals surface area contributed by atoms with Gasteiger partial charge in [-0.15, -0.1) is 0 Å². The molecule has 2 heterocycles. The summed E-state index contributed by atoms with van der Waals surface area (Å²) in [6.45, 7) is 5.67. The predicted octanol–water partition coefficient (Wildman–Crippen LogP) is 2.73. The molecule has 1 aromatic carbocycles. The molecule has 1 fully saturated rings. The van der Waals surface area contributed by atoms with Crippen molar-refractivity contribution in [3.8, 4) is 0 Å². The molecule has 0 radical (unpaired) electrons. The molecule has 3 aliphatic rings. The van der Waals surface area contributed by atoms with Crippen molar-refractivity contribution >= 4 is 11.7 Å². The van der Waals surface area contributed by atoms with Crippen molar-refractivity contribution in [1.82, 2.24) is 9.80 Å². The topological polar surface area (TPSA) is 49.9 Å². The normalized spacial score (nSPS) is 25.0. The molecule has 0 aromatic heterocycles. The van der Waals surface area contributed by atoms with Gasteiger partial charge in [0.2, 0.25) is 0 Å². The highest BCUT2D eigenvalue weighted by Gasteiger charge is 2.37. The Bertz CT molecular complexity index is 789. The number of hydrogen-bond donors (Lipinski definition) is 0. The minimum atomic E-state index is -0.619. The fraction of sp³-hybridized carbons (Fsp3) is 0.565. The van der Waals surface area contributed by atoms with Crippen molar-refractivity contribution in [2.45, 2.75) is 63.6 Å². The highest BCUT2D eigenvalue weighted by Crippen LogP contribution is 2.30. The number of hydrogen-bond acceptors (Lipinski definition) is 4. The number of nitrogens with zero attached hydrogens (tertiary/aromatic N) is 2. The van der Waals surface area contributed by atoms with E-state index in [1.165, 1.54) is 17.2 Å². The quantitative estimate of drug-likeness (QED) is 0.807. The molecular weight excluding hydrogens is 352 g/mol. The van der Waals surface area contributed by atoms with Crippen molar-refractivity contribution in [1.29, 1.82) is 0 Å². The van der Waals surface area contributed by atoms with Gasteiger partial charge in [-0.1, -0.05) is 24.3 Å². The van der Waals surface area contributed by atoms with Crippen LogP contribution < -0.4 is 0 Å². The molecule has 150 valence electrons. The molecule has 0 N–H and O–H groups in total. The lowest BCUT2D eigenvalue weighted by atomic mass is 9.97. The monoisotopic (exact) mass is 382 g/mol. The van der Waals surface area contributed by atoms with E-state index in [2.05, 4.69) is 29.2 Å². The standard InChI is InChI=1S/C23H30N2O3/c1-23(2)14-20(26)13-21(28-23)22(27)24(3)18-9-6-10-25(15-18)19-11-16-7-4-5-8-17(16)12-19/h4-5,7-8,13,18-19H,6,9-12,14-15H2,1-3H3/t18-/m0/s1. The maximum Gasteiger partial charge on any atom is 0.289 e. The molecule has 1 atom stereocenters. The summed E-state index contributed by atoms with van der Waals surface area (Å²) in [5, 5.41) is 0. The Hall–Kier alpha value is -2.14. The number of benzene rings is 1. The molecule has 4 rings (SSSR count). The van der Waals surface area contributed by atoms with Gasteiger partial charge < -0.3 is 9.64 Å². The summed E-state index contributed by atoms with van der Waals surface area (Å²) in [4.78, 5) is 29.3. The van der Waals surface area contributed by atoms with Gasteiger partial charge in [0.25, 0.3) is 5.91 Å². The third kappa shape index (κ3) is 3.86. The summed E-state index contributed by atoms with van der Waals surface area (Å²) in [5.41, 5.74) is 2.30. The number of piperidine rings is 1. The Kier molecular flexibility index (Phi) is 5.04. The number of rotatable bonds is 3. The number of fused-ring (bicyclic) bond motifs is 1. The van der Waals surface area contributed by atoms with Gasteiger partial charge in [-0.3, -0.25) is 14.5 Å². The van der Waals surface area contributed by atoms with Crippen LogP contribution >= 0.6 is 0 Å². The minimum Gasteiger partial charge on any atom is -0.481 e. The molecule has 0 unspecified atom stereocenters. The van der Waals surface area contributed by atoms with E-state index in [4.69, 9.17) is 4.74 Å². The van der Waals surface area contributed by atoms with Crippen molar-refractivity contribution in [3.05, 3.63) is 47.2 Å². The van der Waals surface area contributed by atoms with Gasteiger partial charge >= 0.3 is 0 Å². The number of carbonyl (C=O) groups is 2. The van der Waals surface area contributed by atoms with Gasteiger partial charge in [-0.2, -0.15) is 0 Å². The first-order valence-corrected chi connectivity index (χ1v) is 10.3. The summed E-state index contributed by atoms with van der Waals surface area (Å²) >= 11 is 0. The first kappa shape index (κ1) is 19.2. The van der Waals surface area contributed by atoms with Crippen LogP contribution in [0.3, 0.4) is 0 Å². The van der Waals surface area contributed by atoms with Gasteiger partial charge in [0.05, 0.1) is 0 Å². The number of likely N-dealkylation sites (tertiary alicyclic amines) is 1. The number of allylic oxidation sites excluding steroid dienone is 1. The van der Waals surface area contributed by atoms with E-state index in [0.29, 0.717) is 12.5 Å². The summed E-state index contributed by atoms with van der Waals surface area (Å²) < 4.78 is 5.82. The highest BCUT2D eigenvalue weighted by atomic mass is 16.5. The molecule has 1 saturated heterocycles. The van der Waals surface area contributed by atoms with Crippen molar-refractivity contribution < 1.29 is 14.3 Å². The second-order valence-corrected chi connectivity index (χ2v) is 9.05. The van der Waals surface area contributed by atoms with Crippen molar-refractivity contribution in [2.75, 3.05) is 20.1 Å². The zero-order valence-corrected chi connectivity index (χ0v) is 17.1. The lowest BCUT2D eigenvalue weighted by Crippen LogP contribution is -2.52.